The van der Waals surface area contributed by atoms with E-state index >= 15 is 0 Å². The molecule has 3 nitrogen and oxygen atoms in total. The maximum atomic E-state index is 12.9. The standard InChI is InChI=1S/C12H17FN2O/c13-11-7-4-8-12(15-11)14-9-5-2-1-3-6-10(9)16/h4,7-10,16H,1-3,5-6H2,(H,14,15). The van der Waals surface area contributed by atoms with Gasteiger partial charge in [-0.25, -0.2) is 4.98 Å². The third kappa shape index (κ3) is 2.92. The SMILES string of the molecule is OC1CCCCCC1Nc1cccc(F)n1. The van der Waals surface area contributed by atoms with E-state index in [1.54, 1.807) is 12.1 Å². The fraction of sp³-hybridized carbons (Fsp3) is 0.583. The molecule has 2 N–H and O–H groups in total. The van der Waals surface area contributed by atoms with Gasteiger partial charge in [0.25, 0.3) is 0 Å². The molecule has 0 aliphatic heterocycles. The first-order valence-corrected chi connectivity index (χ1v) is 5.83. The van der Waals surface area contributed by atoms with Crippen molar-refractivity contribution in [1.82, 2.24) is 4.98 Å². The molecule has 1 aliphatic carbocycles. The second-order valence-electron chi connectivity index (χ2n) is 4.30. The summed E-state index contributed by atoms with van der Waals surface area (Å²) in [6, 6.07) is 4.65. The number of nitrogens with zero attached hydrogens (tertiary/aromatic N) is 1. The molecule has 2 rings (SSSR count). The maximum Gasteiger partial charge on any atom is 0.214 e. The van der Waals surface area contributed by atoms with E-state index in [2.05, 4.69) is 10.3 Å². The van der Waals surface area contributed by atoms with E-state index in [0.29, 0.717) is 5.82 Å². The molecule has 0 bridgehead atoms. The molecule has 1 saturated carbocycles. The van der Waals surface area contributed by atoms with Crippen LogP contribution in [0.25, 0.3) is 0 Å². The predicted molar refractivity (Wildman–Crippen MR) is 60.7 cm³/mol. The molecule has 1 fully saturated rings. The molecule has 0 saturated heterocycles. The van der Waals surface area contributed by atoms with Gasteiger partial charge in [0, 0.05) is 0 Å². The van der Waals surface area contributed by atoms with Gasteiger partial charge in [-0.2, -0.15) is 4.39 Å². The number of aromatic nitrogens is 1. The number of pyridine rings is 1. The lowest BCUT2D eigenvalue weighted by Crippen LogP contribution is -2.32. The van der Waals surface area contributed by atoms with Crippen LogP contribution < -0.4 is 5.32 Å². The van der Waals surface area contributed by atoms with Crippen LogP contribution in [0.5, 0.6) is 0 Å². The van der Waals surface area contributed by atoms with E-state index in [1.165, 1.54) is 6.07 Å². The Labute approximate surface area is 94.7 Å². The summed E-state index contributed by atoms with van der Waals surface area (Å²) in [7, 11) is 0. The van der Waals surface area contributed by atoms with E-state index < -0.39 is 5.95 Å². The monoisotopic (exact) mass is 224 g/mol. The van der Waals surface area contributed by atoms with Crippen molar-refractivity contribution in [3.8, 4) is 0 Å². The highest BCUT2D eigenvalue weighted by atomic mass is 19.1. The number of hydrogen-bond donors (Lipinski definition) is 2. The molecule has 0 aromatic carbocycles. The summed E-state index contributed by atoms with van der Waals surface area (Å²) >= 11 is 0. The molecular formula is C12H17FN2O. The van der Waals surface area contributed by atoms with Crippen LogP contribution in [0.3, 0.4) is 0 Å². The molecular weight excluding hydrogens is 207 g/mol. The summed E-state index contributed by atoms with van der Waals surface area (Å²) in [6.45, 7) is 0. The van der Waals surface area contributed by atoms with Gasteiger partial charge >= 0.3 is 0 Å². The van der Waals surface area contributed by atoms with Crippen molar-refractivity contribution in [2.24, 2.45) is 0 Å². The van der Waals surface area contributed by atoms with Crippen LogP contribution in [0.2, 0.25) is 0 Å². The van der Waals surface area contributed by atoms with E-state index in [0.717, 1.165) is 32.1 Å². The average molecular weight is 224 g/mol. The first-order valence-electron chi connectivity index (χ1n) is 5.83. The van der Waals surface area contributed by atoms with Crippen LogP contribution in [0.15, 0.2) is 18.2 Å². The number of aliphatic hydroxyl groups is 1. The van der Waals surface area contributed by atoms with Gasteiger partial charge in [-0.1, -0.05) is 25.3 Å². The fourth-order valence-corrected chi connectivity index (χ4v) is 2.14. The Morgan fingerprint density at radius 3 is 2.88 bits per heavy atom. The summed E-state index contributed by atoms with van der Waals surface area (Å²) in [6.07, 6.45) is 4.70. The first kappa shape index (κ1) is 11.3. The Bertz CT molecular complexity index is 346. The second kappa shape index (κ2) is 5.25. The Kier molecular flexibility index (Phi) is 3.72. The topological polar surface area (TPSA) is 45.1 Å². The maximum absolute atomic E-state index is 12.9. The van der Waals surface area contributed by atoms with Gasteiger partial charge in [0.15, 0.2) is 0 Å². The van der Waals surface area contributed by atoms with E-state index in [9.17, 15) is 9.50 Å². The zero-order valence-corrected chi connectivity index (χ0v) is 9.19. The Balaban J connectivity index is 2.02. The van der Waals surface area contributed by atoms with Crippen LogP contribution >= 0.6 is 0 Å². The van der Waals surface area contributed by atoms with Crippen molar-refractivity contribution < 1.29 is 9.50 Å². The summed E-state index contributed by atoms with van der Waals surface area (Å²) in [5, 5.41) is 13.0. The summed E-state index contributed by atoms with van der Waals surface area (Å²) in [5.74, 6) is 0.0130. The summed E-state index contributed by atoms with van der Waals surface area (Å²) in [4.78, 5) is 3.74. The zero-order valence-electron chi connectivity index (χ0n) is 9.19. The highest BCUT2D eigenvalue weighted by Crippen LogP contribution is 2.20. The first-order chi connectivity index (χ1) is 7.75. The zero-order chi connectivity index (χ0) is 11.4. The minimum Gasteiger partial charge on any atom is -0.391 e. The average Bonchev–Trinajstić information content (AvgIpc) is 2.45. The lowest BCUT2D eigenvalue weighted by atomic mass is 10.1. The van der Waals surface area contributed by atoms with Gasteiger partial charge in [-0.05, 0) is 25.0 Å². The van der Waals surface area contributed by atoms with Gasteiger partial charge < -0.3 is 10.4 Å². The van der Waals surface area contributed by atoms with Crippen LogP contribution in [0, 0.1) is 5.95 Å². The van der Waals surface area contributed by atoms with Crippen molar-refractivity contribution in [3.63, 3.8) is 0 Å². The van der Waals surface area contributed by atoms with E-state index in [1.807, 2.05) is 0 Å². The summed E-state index contributed by atoms with van der Waals surface area (Å²) in [5.41, 5.74) is 0. The van der Waals surface area contributed by atoms with Crippen molar-refractivity contribution in [2.75, 3.05) is 5.32 Å². The lowest BCUT2D eigenvalue weighted by molar-refractivity contribution is 0.144. The van der Waals surface area contributed by atoms with Crippen LogP contribution in [-0.2, 0) is 0 Å². The van der Waals surface area contributed by atoms with Crippen LogP contribution in [0.1, 0.15) is 32.1 Å². The molecule has 1 aliphatic rings. The van der Waals surface area contributed by atoms with Crippen molar-refractivity contribution >= 4 is 5.82 Å². The second-order valence-corrected chi connectivity index (χ2v) is 4.30. The quantitative estimate of drug-likeness (QED) is 0.598. The van der Waals surface area contributed by atoms with Gasteiger partial charge in [0.1, 0.15) is 5.82 Å². The molecule has 88 valence electrons. The van der Waals surface area contributed by atoms with Crippen LogP contribution in [0.4, 0.5) is 10.2 Å². The molecule has 0 radical (unpaired) electrons. The highest BCUT2D eigenvalue weighted by Gasteiger charge is 2.21. The van der Waals surface area contributed by atoms with Crippen molar-refractivity contribution in [2.45, 2.75) is 44.2 Å². The summed E-state index contributed by atoms with van der Waals surface area (Å²) < 4.78 is 12.9. The number of hydrogen-bond acceptors (Lipinski definition) is 3. The Hall–Kier alpha value is -1.16. The fourth-order valence-electron chi connectivity index (χ4n) is 2.14. The van der Waals surface area contributed by atoms with Gasteiger partial charge in [0.05, 0.1) is 12.1 Å². The number of aliphatic hydroxyl groups excluding tert-OH is 1. The normalized spacial score (nSPS) is 26.1. The molecule has 1 aromatic rings. The van der Waals surface area contributed by atoms with Crippen molar-refractivity contribution in [3.05, 3.63) is 24.1 Å². The molecule has 1 aromatic heterocycles. The van der Waals surface area contributed by atoms with Gasteiger partial charge in [0.2, 0.25) is 5.95 Å². The lowest BCUT2D eigenvalue weighted by Gasteiger charge is -2.22. The Morgan fingerprint density at radius 2 is 2.06 bits per heavy atom. The minimum absolute atomic E-state index is 0.00296. The third-order valence-corrected chi connectivity index (χ3v) is 3.03. The third-order valence-electron chi connectivity index (χ3n) is 3.03. The number of halogens is 1. The number of anilines is 1. The molecule has 0 amide bonds. The van der Waals surface area contributed by atoms with E-state index in [-0.39, 0.29) is 12.1 Å². The van der Waals surface area contributed by atoms with Gasteiger partial charge in [-0.15, -0.1) is 0 Å². The minimum atomic E-state index is -0.492. The molecule has 0 spiro atoms. The molecule has 4 heteroatoms. The molecule has 2 atom stereocenters. The Morgan fingerprint density at radius 1 is 1.25 bits per heavy atom. The smallest absolute Gasteiger partial charge is 0.214 e. The predicted octanol–water partition coefficient (Wildman–Crippen LogP) is 2.33. The molecule has 2 unspecified atom stereocenters. The van der Waals surface area contributed by atoms with Crippen molar-refractivity contribution in [1.29, 1.82) is 0 Å². The van der Waals surface area contributed by atoms with Gasteiger partial charge in [-0.3, -0.25) is 0 Å². The number of rotatable bonds is 2. The molecule has 16 heavy (non-hydrogen) atoms. The largest absolute Gasteiger partial charge is 0.391 e. The van der Waals surface area contributed by atoms with Crippen LogP contribution in [-0.4, -0.2) is 22.2 Å². The highest BCUT2D eigenvalue weighted by molar-refractivity contribution is 5.35. The number of nitrogens with one attached hydrogen (secondary N) is 1. The molecule has 1 heterocycles. The van der Waals surface area contributed by atoms with E-state index in [4.69, 9.17) is 0 Å².